The first-order chi connectivity index (χ1) is 8.38. The first-order valence-electron chi connectivity index (χ1n) is 5.08. The molecule has 1 aliphatic rings. The summed E-state index contributed by atoms with van der Waals surface area (Å²) < 4.78 is 42.0. The minimum atomic E-state index is -4.31. The minimum absolute atomic E-state index is 0.00554. The number of alkyl halides is 3. The summed E-state index contributed by atoms with van der Waals surface area (Å²) in [4.78, 5) is 15.7. The number of oxazole rings is 1. The maximum absolute atomic E-state index is 12.4. The minimum Gasteiger partial charge on any atom is -0.476 e. The van der Waals surface area contributed by atoms with Gasteiger partial charge < -0.3 is 14.4 Å². The Morgan fingerprint density at radius 1 is 1.50 bits per heavy atom. The summed E-state index contributed by atoms with van der Waals surface area (Å²) in [5.74, 6) is -1.24. The zero-order valence-corrected chi connectivity index (χ0v) is 9.07. The Hall–Kier alpha value is -1.99. The van der Waals surface area contributed by atoms with Crippen molar-refractivity contribution in [3.8, 4) is 0 Å². The van der Waals surface area contributed by atoms with E-state index in [0.29, 0.717) is 0 Å². The molecule has 8 heteroatoms. The van der Waals surface area contributed by atoms with E-state index in [-0.39, 0.29) is 31.2 Å². The maximum atomic E-state index is 12.4. The van der Waals surface area contributed by atoms with Crippen LogP contribution in [0.1, 0.15) is 16.9 Å². The second-order valence-electron chi connectivity index (χ2n) is 3.74. The molecule has 0 atom stereocenters. The highest BCUT2D eigenvalue weighted by Gasteiger charge is 2.35. The lowest BCUT2D eigenvalue weighted by atomic mass is 10.1. The zero-order chi connectivity index (χ0) is 13.3. The molecule has 18 heavy (non-hydrogen) atoms. The quantitative estimate of drug-likeness (QED) is 0.826. The molecule has 0 spiro atoms. The van der Waals surface area contributed by atoms with Crippen LogP contribution in [0.15, 0.2) is 22.3 Å². The average Bonchev–Trinajstić information content (AvgIpc) is 2.77. The van der Waals surface area contributed by atoms with Gasteiger partial charge in [-0.2, -0.15) is 18.2 Å². The Balaban J connectivity index is 2.09. The molecule has 0 aromatic carbocycles. The van der Waals surface area contributed by atoms with E-state index in [0.717, 1.165) is 12.3 Å². The number of carboxylic acid groups (broad SMARTS) is 1. The smallest absolute Gasteiger partial charge is 0.412 e. The lowest BCUT2D eigenvalue weighted by Crippen LogP contribution is -2.32. The molecule has 0 aliphatic carbocycles. The number of halogens is 3. The Morgan fingerprint density at radius 2 is 2.22 bits per heavy atom. The van der Waals surface area contributed by atoms with Gasteiger partial charge in [0.2, 0.25) is 0 Å². The molecule has 0 fully saturated rings. The monoisotopic (exact) mass is 262 g/mol. The first-order valence-corrected chi connectivity index (χ1v) is 5.08. The predicted molar refractivity (Wildman–Crippen MR) is 54.4 cm³/mol. The van der Waals surface area contributed by atoms with Gasteiger partial charge >= 0.3 is 12.1 Å². The van der Waals surface area contributed by atoms with Crippen LogP contribution in [0.3, 0.4) is 0 Å². The van der Waals surface area contributed by atoms with Crippen molar-refractivity contribution in [1.29, 1.82) is 0 Å². The van der Waals surface area contributed by atoms with Crippen LogP contribution in [0.2, 0.25) is 0 Å². The molecule has 0 bridgehead atoms. The summed E-state index contributed by atoms with van der Waals surface area (Å²) in [6.07, 6.45) is -2.47. The molecule has 98 valence electrons. The SMILES string of the molecule is O=C(O)c1coc(N2CC=C(C(F)(F)F)CC2)n1. The van der Waals surface area contributed by atoms with Gasteiger partial charge in [0.1, 0.15) is 6.26 Å². The van der Waals surface area contributed by atoms with Crippen molar-refractivity contribution in [2.24, 2.45) is 0 Å². The van der Waals surface area contributed by atoms with Crippen molar-refractivity contribution in [2.75, 3.05) is 18.0 Å². The van der Waals surface area contributed by atoms with Crippen LogP contribution in [0, 0.1) is 0 Å². The van der Waals surface area contributed by atoms with Gasteiger partial charge in [0.15, 0.2) is 5.69 Å². The number of hydrogen-bond donors (Lipinski definition) is 1. The van der Waals surface area contributed by atoms with Crippen molar-refractivity contribution in [3.63, 3.8) is 0 Å². The van der Waals surface area contributed by atoms with E-state index in [1.54, 1.807) is 0 Å². The number of rotatable bonds is 2. The summed E-state index contributed by atoms with van der Waals surface area (Å²) in [6, 6.07) is 0.0184. The zero-order valence-electron chi connectivity index (χ0n) is 9.07. The fourth-order valence-corrected chi connectivity index (χ4v) is 1.61. The molecule has 0 saturated carbocycles. The standard InChI is InChI=1S/C10H9F3N2O3/c11-10(12,13)6-1-3-15(4-2-6)9-14-7(5-18-9)8(16)17/h1,5H,2-4H2,(H,16,17). The van der Waals surface area contributed by atoms with Crippen LogP contribution in [0.4, 0.5) is 19.2 Å². The van der Waals surface area contributed by atoms with Gasteiger partial charge in [-0.1, -0.05) is 6.08 Å². The van der Waals surface area contributed by atoms with E-state index in [9.17, 15) is 18.0 Å². The summed E-state index contributed by atoms with van der Waals surface area (Å²) in [6.45, 7) is 0.0827. The van der Waals surface area contributed by atoms with E-state index in [1.165, 1.54) is 4.90 Å². The van der Waals surface area contributed by atoms with Crippen molar-refractivity contribution < 1.29 is 27.5 Å². The predicted octanol–water partition coefficient (Wildman–Crippen LogP) is 2.07. The van der Waals surface area contributed by atoms with Crippen LogP contribution in [-0.2, 0) is 0 Å². The summed E-state index contributed by atoms with van der Waals surface area (Å²) in [7, 11) is 0. The van der Waals surface area contributed by atoms with Gasteiger partial charge in [-0.3, -0.25) is 0 Å². The van der Waals surface area contributed by atoms with Gasteiger partial charge in [-0.15, -0.1) is 0 Å². The highest BCUT2D eigenvalue weighted by molar-refractivity contribution is 5.85. The lowest BCUT2D eigenvalue weighted by Gasteiger charge is -2.25. The molecule has 2 heterocycles. The highest BCUT2D eigenvalue weighted by atomic mass is 19.4. The van der Waals surface area contributed by atoms with E-state index in [1.807, 2.05) is 0 Å². The first kappa shape index (κ1) is 12.5. The van der Waals surface area contributed by atoms with Crippen molar-refractivity contribution in [2.45, 2.75) is 12.6 Å². The maximum Gasteiger partial charge on any atom is 0.412 e. The number of hydrogen-bond acceptors (Lipinski definition) is 4. The third-order valence-electron chi connectivity index (χ3n) is 2.55. The van der Waals surface area contributed by atoms with Crippen molar-refractivity contribution >= 4 is 12.0 Å². The number of carbonyl (C=O) groups is 1. The summed E-state index contributed by atoms with van der Waals surface area (Å²) in [5, 5.41) is 8.64. The third kappa shape index (κ3) is 2.47. The van der Waals surface area contributed by atoms with Gasteiger partial charge in [0.05, 0.1) is 0 Å². The fourth-order valence-electron chi connectivity index (χ4n) is 1.61. The van der Waals surface area contributed by atoms with Gasteiger partial charge in [-0.05, 0) is 6.42 Å². The highest BCUT2D eigenvalue weighted by Crippen LogP contribution is 2.31. The molecule has 1 aliphatic heterocycles. The second-order valence-corrected chi connectivity index (χ2v) is 3.74. The third-order valence-corrected chi connectivity index (χ3v) is 2.55. The number of anilines is 1. The molecule has 0 radical (unpaired) electrons. The fraction of sp³-hybridized carbons (Fsp3) is 0.400. The van der Waals surface area contributed by atoms with E-state index < -0.39 is 17.7 Å². The van der Waals surface area contributed by atoms with Crippen LogP contribution in [0.5, 0.6) is 0 Å². The van der Waals surface area contributed by atoms with Crippen molar-refractivity contribution in [3.05, 3.63) is 23.6 Å². The molecule has 1 aromatic heterocycles. The van der Waals surface area contributed by atoms with E-state index in [4.69, 9.17) is 9.52 Å². The second kappa shape index (κ2) is 4.35. The molecule has 2 rings (SSSR count). The van der Waals surface area contributed by atoms with E-state index in [2.05, 4.69) is 4.98 Å². The molecule has 1 N–H and O–H groups in total. The lowest BCUT2D eigenvalue weighted by molar-refractivity contribution is -0.0944. The Morgan fingerprint density at radius 3 is 2.67 bits per heavy atom. The van der Waals surface area contributed by atoms with Gasteiger partial charge in [0, 0.05) is 18.7 Å². The molecule has 5 nitrogen and oxygen atoms in total. The van der Waals surface area contributed by atoms with Gasteiger partial charge in [0.25, 0.3) is 6.01 Å². The summed E-state index contributed by atoms with van der Waals surface area (Å²) in [5.41, 5.74) is -0.848. The van der Waals surface area contributed by atoms with Crippen LogP contribution < -0.4 is 4.90 Å². The van der Waals surface area contributed by atoms with Gasteiger partial charge in [-0.25, -0.2) is 4.79 Å². The van der Waals surface area contributed by atoms with Crippen LogP contribution >= 0.6 is 0 Å². The molecule has 0 amide bonds. The number of carboxylic acids is 1. The Kier molecular flexibility index (Phi) is 3.02. The average molecular weight is 262 g/mol. The topological polar surface area (TPSA) is 66.6 Å². The van der Waals surface area contributed by atoms with E-state index >= 15 is 0 Å². The number of nitrogens with zero attached hydrogens (tertiary/aromatic N) is 2. The van der Waals surface area contributed by atoms with Crippen LogP contribution in [-0.4, -0.2) is 35.3 Å². The largest absolute Gasteiger partial charge is 0.476 e. The molecular formula is C10H9F3N2O3. The molecular weight excluding hydrogens is 253 g/mol. The molecule has 0 saturated heterocycles. The normalized spacial score (nSPS) is 16.6. The van der Waals surface area contributed by atoms with Crippen molar-refractivity contribution in [1.82, 2.24) is 4.98 Å². The molecule has 1 aromatic rings. The Bertz CT molecular complexity index is 493. The number of aromatic carboxylic acids is 1. The van der Waals surface area contributed by atoms with Crippen LogP contribution in [0.25, 0.3) is 0 Å². The number of aromatic nitrogens is 1. The molecule has 0 unspecified atom stereocenters. The summed E-state index contributed by atoms with van der Waals surface area (Å²) >= 11 is 0. The Labute approximate surface area is 99.5 Å².